The number of benzene rings is 1. The van der Waals surface area contributed by atoms with Gasteiger partial charge in [0.05, 0.1) is 5.69 Å². The first kappa shape index (κ1) is 15.4. The highest BCUT2D eigenvalue weighted by atomic mass is 16.4. The first-order valence-electron chi connectivity index (χ1n) is 6.71. The Kier molecular flexibility index (Phi) is 5.27. The normalized spacial score (nSPS) is 10.5. The number of nitrogens with zero attached hydrogens (tertiary/aromatic N) is 3. The molecule has 21 heavy (non-hydrogen) atoms. The Hall–Kier alpha value is -1.96. The van der Waals surface area contributed by atoms with E-state index in [2.05, 4.69) is 15.3 Å². The molecular weight excluding hydrogens is 267 g/mol. The Balaban J connectivity index is 1.88. The van der Waals surface area contributed by atoms with Gasteiger partial charge in [0.1, 0.15) is 0 Å². The van der Waals surface area contributed by atoms with E-state index in [0.717, 1.165) is 11.3 Å². The van der Waals surface area contributed by atoms with Crippen molar-refractivity contribution in [3.8, 4) is 0 Å². The number of rotatable bonds is 6. The maximum Gasteiger partial charge on any atom is 0.488 e. The third kappa shape index (κ3) is 4.52. The first-order valence-corrected chi connectivity index (χ1v) is 6.71. The van der Waals surface area contributed by atoms with E-state index in [0.29, 0.717) is 24.5 Å². The highest BCUT2D eigenvalue weighted by molar-refractivity contribution is 6.58. The maximum absolute atomic E-state index is 9.03. The number of hydrogen-bond donors (Lipinski definition) is 3. The highest BCUT2D eigenvalue weighted by Gasteiger charge is 2.09. The molecule has 0 saturated heterocycles. The first-order chi connectivity index (χ1) is 10.1. The van der Waals surface area contributed by atoms with Crippen molar-refractivity contribution in [3.05, 3.63) is 47.8 Å². The molecule has 0 bridgehead atoms. The van der Waals surface area contributed by atoms with Crippen molar-refractivity contribution in [2.24, 2.45) is 0 Å². The molecule has 0 aliphatic rings. The Morgan fingerprint density at radius 3 is 2.43 bits per heavy atom. The van der Waals surface area contributed by atoms with E-state index < -0.39 is 7.12 Å². The summed E-state index contributed by atoms with van der Waals surface area (Å²) in [6.07, 6.45) is 1.75. The minimum Gasteiger partial charge on any atom is -0.423 e. The molecule has 1 aromatic heterocycles. The summed E-state index contributed by atoms with van der Waals surface area (Å²) in [5.41, 5.74) is 2.49. The van der Waals surface area contributed by atoms with Crippen LogP contribution in [0.25, 0.3) is 0 Å². The van der Waals surface area contributed by atoms with Gasteiger partial charge in [0.25, 0.3) is 0 Å². The van der Waals surface area contributed by atoms with E-state index in [1.54, 1.807) is 18.3 Å². The molecule has 0 radical (unpaired) electrons. The van der Waals surface area contributed by atoms with Gasteiger partial charge in [0, 0.05) is 33.4 Å². The maximum atomic E-state index is 9.03. The SMILES string of the molecule is CN(C)c1nccc(CNCc2ccc(B(O)O)cc2)n1. The molecule has 7 heteroatoms. The highest BCUT2D eigenvalue weighted by Crippen LogP contribution is 2.04. The lowest BCUT2D eigenvalue weighted by Gasteiger charge is -2.11. The van der Waals surface area contributed by atoms with Crippen LogP contribution in [0, 0.1) is 0 Å². The molecule has 0 saturated carbocycles. The van der Waals surface area contributed by atoms with Gasteiger partial charge in [-0.25, -0.2) is 9.97 Å². The van der Waals surface area contributed by atoms with Crippen molar-refractivity contribution >= 4 is 18.5 Å². The Bertz CT molecular complexity index is 575. The summed E-state index contributed by atoms with van der Waals surface area (Å²) in [7, 11) is 2.39. The fraction of sp³-hybridized carbons (Fsp3) is 0.286. The molecule has 0 aliphatic heterocycles. The predicted molar refractivity (Wildman–Crippen MR) is 83.2 cm³/mol. The zero-order valence-electron chi connectivity index (χ0n) is 12.2. The summed E-state index contributed by atoms with van der Waals surface area (Å²) in [5.74, 6) is 0.690. The van der Waals surface area contributed by atoms with Gasteiger partial charge in [-0.05, 0) is 17.1 Å². The van der Waals surface area contributed by atoms with Gasteiger partial charge in [-0.1, -0.05) is 24.3 Å². The molecular formula is C14H19BN4O2. The van der Waals surface area contributed by atoms with Gasteiger partial charge in [0.2, 0.25) is 5.95 Å². The summed E-state index contributed by atoms with van der Waals surface area (Å²) < 4.78 is 0. The average Bonchev–Trinajstić information content (AvgIpc) is 2.48. The monoisotopic (exact) mass is 286 g/mol. The van der Waals surface area contributed by atoms with Crippen molar-refractivity contribution in [2.75, 3.05) is 19.0 Å². The van der Waals surface area contributed by atoms with Gasteiger partial charge in [-0.3, -0.25) is 0 Å². The van der Waals surface area contributed by atoms with Gasteiger partial charge < -0.3 is 20.3 Å². The Morgan fingerprint density at radius 2 is 1.81 bits per heavy atom. The second kappa shape index (κ2) is 7.17. The van der Waals surface area contributed by atoms with E-state index in [1.165, 1.54) is 0 Å². The van der Waals surface area contributed by atoms with Crippen LogP contribution in [0.15, 0.2) is 36.5 Å². The zero-order valence-corrected chi connectivity index (χ0v) is 12.2. The second-order valence-corrected chi connectivity index (χ2v) is 4.96. The van der Waals surface area contributed by atoms with Crippen LogP contribution in [0.3, 0.4) is 0 Å². The quantitative estimate of drug-likeness (QED) is 0.622. The number of aromatic nitrogens is 2. The number of anilines is 1. The molecule has 0 spiro atoms. The van der Waals surface area contributed by atoms with Crippen LogP contribution < -0.4 is 15.7 Å². The van der Waals surface area contributed by atoms with Crippen LogP contribution in [0.4, 0.5) is 5.95 Å². The van der Waals surface area contributed by atoms with Crippen molar-refractivity contribution in [3.63, 3.8) is 0 Å². The van der Waals surface area contributed by atoms with Crippen LogP contribution in [0.1, 0.15) is 11.3 Å². The fourth-order valence-corrected chi connectivity index (χ4v) is 1.84. The van der Waals surface area contributed by atoms with Gasteiger partial charge >= 0.3 is 7.12 Å². The summed E-state index contributed by atoms with van der Waals surface area (Å²) in [5, 5.41) is 21.4. The van der Waals surface area contributed by atoms with Gasteiger partial charge in [-0.15, -0.1) is 0 Å². The molecule has 110 valence electrons. The zero-order chi connectivity index (χ0) is 15.2. The third-order valence-corrected chi connectivity index (χ3v) is 3.01. The van der Waals surface area contributed by atoms with E-state index in [9.17, 15) is 0 Å². The molecule has 2 rings (SSSR count). The van der Waals surface area contributed by atoms with E-state index in [-0.39, 0.29) is 0 Å². The summed E-state index contributed by atoms with van der Waals surface area (Å²) in [6.45, 7) is 1.33. The largest absolute Gasteiger partial charge is 0.488 e. The minimum absolute atomic E-state index is 0.491. The summed E-state index contributed by atoms with van der Waals surface area (Å²) in [4.78, 5) is 10.5. The van der Waals surface area contributed by atoms with Gasteiger partial charge in [0.15, 0.2) is 0 Å². The molecule has 1 heterocycles. The fourth-order valence-electron chi connectivity index (χ4n) is 1.84. The summed E-state index contributed by atoms with van der Waals surface area (Å²) >= 11 is 0. The molecule has 3 N–H and O–H groups in total. The van der Waals surface area contributed by atoms with Crippen molar-refractivity contribution in [2.45, 2.75) is 13.1 Å². The van der Waals surface area contributed by atoms with Crippen LogP contribution in [0.2, 0.25) is 0 Å². The van der Waals surface area contributed by atoms with Crippen molar-refractivity contribution in [1.29, 1.82) is 0 Å². The average molecular weight is 286 g/mol. The van der Waals surface area contributed by atoms with E-state index >= 15 is 0 Å². The van der Waals surface area contributed by atoms with Crippen LogP contribution >= 0.6 is 0 Å². The molecule has 0 atom stereocenters. The van der Waals surface area contributed by atoms with Crippen LogP contribution in [-0.4, -0.2) is 41.2 Å². The Morgan fingerprint density at radius 1 is 1.10 bits per heavy atom. The molecule has 0 amide bonds. The van der Waals surface area contributed by atoms with Crippen molar-refractivity contribution < 1.29 is 10.0 Å². The lowest BCUT2D eigenvalue weighted by molar-refractivity contribution is 0.426. The van der Waals surface area contributed by atoms with Gasteiger partial charge in [-0.2, -0.15) is 0 Å². The number of hydrogen-bond acceptors (Lipinski definition) is 6. The van der Waals surface area contributed by atoms with Crippen molar-refractivity contribution in [1.82, 2.24) is 15.3 Å². The third-order valence-electron chi connectivity index (χ3n) is 3.01. The molecule has 2 aromatic rings. The second-order valence-electron chi connectivity index (χ2n) is 4.96. The smallest absolute Gasteiger partial charge is 0.423 e. The van der Waals surface area contributed by atoms with Crippen LogP contribution in [-0.2, 0) is 13.1 Å². The number of nitrogens with one attached hydrogen (secondary N) is 1. The van der Waals surface area contributed by atoms with E-state index in [1.807, 2.05) is 37.2 Å². The molecule has 0 aliphatic carbocycles. The van der Waals surface area contributed by atoms with Crippen LogP contribution in [0.5, 0.6) is 0 Å². The predicted octanol–water partition coefficient (Wildman–Crippen LogP) is -0.488. The lowest BCUT2D eigenvalue weighted by atomic mass is 9.80. The molecule has 6 nitrogen and oxygen atoms in total. The molecule has 1 aromatic carbocycles. The lowest BCUT2D eigenvalue weighted by Crippen LogP contribution is -2.29. The van der Waals surface area contributed by atoms with E-state index in [4.69, 9.17) is 10.0 Å². The Labute approximate surface area is 124 Å². The topological polar surface area (TPSA) is 81.5 Å². The molecule has 0 unspecified atom stereocenters. The standard InChI is InChI=1S/C14H19BN4O2/c1-19(2)14-17-8-7-13(18-14)10-16-9-11-3-5-12(6-4-11)15(20)21/h3-8,16,20-21H,9-10H2,1-2H3. The summed E-state index contributed by atoms with van der Waals surface area (Å²) in [6, 6.07) is 9.03. The minimum atomic E-state index is -1.42. The molecule has 0 fully saturated rings.